The quantitative estimate of drug-likeness (QED) is 0.662. The van der Waals surface area contributed by atoms with Crippen LogP contribution in [0.25, 0.3) is 0 Å². The van der Waals surface area contributed by atoms with Crippen LogP contribution in [0.3, 0.4) is 0 Å². The van der Waals surface area contributed by atoms with E-state index < -0.39 is 4.92 Å². The number of fused-ring (bicyclic) bond motifs is 1. The molecule has 0 fully saturated rings. The molecule has 0 radical (unpaired) electrons. The lowest BCUT2D eigenvalue weighted by molar-refractivity contribution is -0.385. The molecule has 2 aromatic rings. The Kier molecular flexibility index (Phi) is 2.89. The van der Waals surface area contributed by atoms with Crippen LogP contribution in [0.1, 0.15) is 17.4 Å². The normalized spacial score (nSPS) is 17.4. The van der Waals surface area contributed by atoms with Gasteiger partial charge in [0.15, 0.2) is 6.23 Å². The van der Waals surface area contributed by atoms with Crippen molar-refractivity contribution >= 4 is 5.69 Å². The summed E-state index contributed by atoms with van der Waals surface area (Å²) in [5, 5.41) is 14.0. The van der Waals surface area contributed by atoms with Crippen molar-refractivity contribution in [1.82, 2.24) is 5.32 Å². The number of nitrogens with zero attached hydrogens (tertiary/aromatic N) is 1. The highest BCUT2D eigenvalue weighted by molar-refractivity contribution is 5.39. The molecule has 0 spiro atoms. The molecule has 2 aromatic carbocycles. The van der Waals surface area contributed by atoms with E-state index in [0.29, 0.717) is 6.54 Å². The van der Waals surface area contributed by atoms with E-state index in [1.165, 1.54) is 12.1 Å². The van der Waals surface area contributed by atoms with Crippen molar-refractivity contribution < 1.29 is 9.66 Å². The topological polar surface area (TPSA) is 64.4 Å². The first kappa shape index (κ1) is 11.7. The van der Waals surface area contributed by atoms with Crippen LogP contribution in [-0.4, -0.2) is 4.92 Å². The van der Waals surface area contributed by atoms with E-state index in [2.05, 4.69) is 5.32 Å². The molecule has 0 bridgehead atoms. The molecule has 1 aliphatic heterocycles. The van der Waals surface area contributed by atoms with Crippen LogP contribution in [0.4, 0.5) is 5.69 Å². The lowest BCUT2D eigenvalue weighted by Gasteiger charge is -2.27. The van der Waals surface area contributed by atoms with Gasteiger partial charge >= 0.3 is 0 Å². The van der Waals surface area contributed by atoms with E-state index in [1.54, 1.807) is 6.07 Å². The van der Waals surface area contributed by atoms with E-state index in [4.69, 9.17) is 4.74 Å². The first-order chi connectivity index (χ1) is 9.24. The number of benzene rings is 2. The summed E-state index contributed by atoms with van der Waals surface area (Å²) in [4.78, 5) is 10.4. The molecule has 0 amide bonds. The van der Waals surface area contributed by atoms with E-state index in [0.717, 1.165) is 16.9 Å². The second-order valence-electron chi connectivity index (χ2n) is 4.34. The molecule has 96 valence electrons. The van der Waals surface area contributed by atoms with Crippen molar-refractivity contribution in [2.24, 2.45) is 0 Å². The fourth-order valence-electron chi connectivity index (χ4n) is 2.12. The van der Waals surface area contributed by atoms with Crippen molar-refractivity contribution in [3.63, 3.8) is 0 Å². The summed E-state index contributed by atoms with van der Waals surface area (Å²) < 4.78 is 5.82. The minimum absolute atomic E-state index is 0.0711. The van der Waals surface area contributed by atoms with E-state index in [9.17, 15) is 10.1 Å². The van der Waals surface area contributed by atoms with E-state index >= 15 is 0 Å². The number of para-hydroxylation sites is 1. The zero-order valence-electron chi connectivity index (χ0n) is 10.1. The first-order valence-electron chi connectivity index (χ1n) is 5.96. The monoisotopic (exact) mass is 256 g/mol. The molecule has 5 nitrogen and oxygen atoms in total. The maximum Gasteiger partial charge on any atom is 0.269 e. The van der Waals surface area contributed by atoms with Gasteiger partial charge in [-0.25, -0.2) is 0 Å². The Morgan fingerprint density at radius 3 is 2.89 bits per heavy atom. The number of hydrogen-bond donors (Lipinski definition) is 1. The molecule has 0 saturated carbocycles. The van der Waals surface area contributed by atoms with E-state index in [1.807, 2.05) is 30.3 Å². The molecule has 19 heavy (non-hydrogen) atoms. The van der Waals surface area contributed by atoms with Gasteiger partial charge in [0.05, 0.1) is 4.92 Å². The number of nitrogens with one attached hydrogen (secondary N) is 1. The predicted molar refractivity (Wildman–Crippen MR) is 69.7 cm³/mol. The second-order valence-corrected chi connectivity index (χ2v) is 4.34. The molecule has 1 atom stereocenters. The van der Waals surface area contributed by atoms with Gasteiger partial charge in [-0.05, 0) is 6.07 Å². The minimum atomic E-state index is -0.403. The number of ether oxygens (including phenoxy) is 1. The Morgan fingerprint density at radius 2 is 2.05 bits per heavy atom. The highest BCUT2D eigenvalue weighted by Crippen LogP contribution is 2.29. The summed E-state index contributed by atoms with van der Waals surface area (Å²) in [5.41, 5.74) is 1.91. The molecule has 3 rings (SSSR count). The molecular formula is C14H12N2O3. The number of nitro benzene ring substituents is 1. The average molecular weight is 256 g/mol. The Morgan fingerprint density at radius 1 is 1.21 bits per heavy atom. The molecule has 0 unspecified atom stereocenters. The summed E-state index contributed by atoms with van der Waals surface area (Å²) in [6.45, 7) is 0.684. The van der Waals surface area contributed by atoms with Crippen molar-refractivity contribution in [2.75, 3.05) is 0 Å². The Balaban J connectivity index is 1.89. The molecule has 0 saturated heterocycles. The largest absolute Gasteiger partial charge is 0.471 e. The molecule has 1 heterocycles. The Bertz CT molecular complexity index is 628. The van der Waals surface area contributed by atoms with Crippen LogP contribution in [0.5, 0.6) is 5.75 Å². The maximum atomic E-state index is 10.8. The highest BCUT2D eigenvalue weighted by Gasteiger charge is 2.21. The van der Waals surface area contributed by atoms with Crippen molar-refractivity contribution in [3.05, 3.63) is 69.8 Å². The first-order valence-corrected chi connectivity index (χ1v) is 5.96. The number of non-ortho nitro benzene ring substituents is 1. The van der Waals surface area contributed by atoms with Crippen LogP contribution < -0.4 is 10.1 Å². The predicted octanol–water partition coefficient (Wildman–Crippen LogP) is 2.78. The van der Waals surface area contributed by atoms with Gasteiger partial charge in [-0.2, -0.15) is 0 Å². The van der Waals surface area contributed by atoms with Crippen molar-refractivity contribution in [3.8, 4) is 5.75 Å². The van der Waals surface area contributed by atoms with Gasteiger partial charge in [-0.1, -0.05) is 30.3 Å². The van der Waals surface area contributed by atoms with Crippen molar-refractivity contribution in [1.29, 1.82) is 0 Å². The standard InChI is InChI=1S/C14H12N2O3/c17-16(18)12-6-3-5-10(8-12)14-15-9-11-4-1-2-7-13(11)19-14/h1-8,14-15H,9H2/t14-/m1/s1. The molecule has 0 aromatic heterocycles. The van der Waals surface area contributed by atoms with Crippen LogP contribution in [0, 0.1) is 10.1 Å². The minimum Gasteiger partial charge on any atom is -0.471 e. The van der Waals surface area contributed by atoms with Crippen LogP contribution >= 0.6 is 0 Å². The Hall–Kier alpha value is -2.40. The lowest BCUT2D eigenvalue weighted by Crippen LogP contribution is -2.30. The highest BCUT2D eigenvalue weighted by atomic mass is 16.6. The zero-order chi connectivity index (χ0) is 13.2. The summed E-state index contributed by atoms with van der Waals surface area (Å²) in [5.74, 6) is 0.817. The van der Waals surface area contributed by atoms with Gasteiger partial charge in [0.2, 0.25) is 0 Å². The zero-order valence-corrected chi connectivity index (χ0v) is 10.1. The molecule has 5 heteroatoms. The van der Waals surface area contributed by atoms with Gasteiger partial charge in [0, 0.05) is 29.8 Å². The van der Waals surface area contributed by atoms with Crippen LogP contribution in [0.2, 0.25) is 0 Å². The van der Waals surface area contributed by atoms with Gasteiger partial charge in [0.25, 0.3) is 5.69 Å². The summed E-state index contributed by atoms with van der Waals surface area (Å²) in [6, 6.07) is 14.3. The smallest absolute Gasteiger partial charge is 0.269 e. The van der Waals surface area contributed by atoms with Gasteiger partial charge in [-0.15, -0.1) is 0 Å². The summed E-state index contributed by atoms with van der Waals surface area (Å²) in [6.07, 6.45) is -0.352. The molecule has 1 N–H and O–H groups in total. The summed E-state index contributed by atoms with van der Waals surface area (Å²) >= 11 is 0. The molecule has 1 aliphatic rings. The SMILES string of the molecule is O=[N+]([O-])c1cccc([C@@H]2NCc3ccccc3O2)c1. The second kappa shape index (κ2) is 4.70. The fourth-order valence-corrected chi connectivity index (χ4v) is 2.12. The summed E-state index contributed by atoms with van der Waals surface area (Å²) in [7, 11) is 0. The van der Waals surface area contributed by atoms with Crippen LogP contribution in [-0.2, 0) is 6.54 Å². The molecule has 0 aliphatic carbocycles. The number of nitro groups is 1. The number of hydrogen-bond acceptors (Lipinski definition) is 4. The third-order valence-corrected chi connectivity index (χ3v) is 3.08. The van der Waals surface area contributed by atoms with Gasteiger partial charge in [0.1, 0.15) is 5.75 Å². The third kappa shape index (κ3) is 2.28. The lowest BCUT2D eigenvalue weighted by atomic mass is 10.1. The average Bonchev–Trinajstić information content (AvgIpc) is 2.47. The Labute approximate surface area is 110 Å². The van der Waals surface area contributed by atoms with Crippen molar-refractivity contribution in [2.45, 2.75) is 12.8 Å². The molecular weight excluding hydrogens is 244 g/mol. The van der Waals surface area contributed by atoms with E-state index in [-0.39, 0.29) is 11.9 Å². The maximum absolute atomic E-state index is 10.8. The van der Waals surface area contributed by atoms with Crippen LogP contribution in [0.15, 0.2) is 48.5 Å². The van der Waals surface area contributed by atoms with Gasteiger partial charge < -0.3 is 4.74 Å². The van der Waals surface area contributed by atoms with Gasteiger partial charge in [-0.3, -0.25) is 15.4 Å². The third-order valence-electron chi connectivity index (χ3n) is 3.08. The number of rotatable bonds is 2. The fraction of sp³-hybridized carbons (Fsp3) is 0.143.